The van der Waals surface area contributed by atoms with Gasteiger partial charge in [-0.3, -0.25) is 9.36 Å². The number of para-hydroxylation sites is 2. The first-order chi connectivity index (χ1) is 34.2. The fourth-order valence-electron chi connectivity index (χ4n) is 9.58. The highest BCUT2D eigenvalue weighted by Crippen LogP contribution is 2.38. The normalized spacial score (nSPS) is 20.4. The van der Waals surface area contributed by atoms with Crippen LogP contribution in [0.4, 0.5) is 23.3 Å². The molecule has 366 valence electrons. The second kappa shape index (κ2) is 19.6. The molecule has 0 saturated heterocycles. The molecule has 2 fully saturated rings. The van der Waals surface area contributed by atoms with Crippen molar-refractivity contribution in [3.63, 3.8) is 0 Å². The predicted molar refractivity (Wildman–Crippen MR) is 276 cm³/mol. The SMILES string of the molecule is Nc1cnn(CC2(O)CCC(Nc3ncc(Cl)c(-c4c[nH]c5ccccc45)n3)CC2)c1.Nc1cnn(CC2(O)CCC(Nc3ncc(Cl)c(-c4cn(S(=O)(=O)c5ccccc5)c5ccccc45)n3)CC2)c1. The fourth-order valence-corrected chi connectivity index (χ4v) is 11.4. The van der Waals surface area contributed by atoms with Gasteiger partial charge in [0, 0.05) is 64.3 Å². The van der Waals surface area contributed by atoms with Gasteiger partial charge in [0.25, 0.3) is 10.0 Å². The predicted octanol–water partition coefficient (Wildman–Crippen LogP) is 8.40. The van der Waals surface area contributed by atoms with Crippen LogP contribution in [0.25, 0.3) is 44.3 Å². The molecule has 2 aliphatic rings. The lowest BCUT2D eigenvalue weighted by atomic mass is 9.82. The highest BCUT2D eigenvalue weighted by Gasteiger charge is 2.36. The molecule has 0 unspecified atom stereocenters. The molecule has 11 rings (SSSR count). The van der Waals surface area contributed by atoms with Crippen molar-refractivity contribution in [2.45, 2.75) is 92.6 Å². The smallest absolute Gasteiger partial charge is 0.268 e. The van der Waals surface area contributed by atoms with Gasteiger partial charge >= 0.3 is 0 Å². The van der Waals surface area contributed by atoms with Gasteiger partial charge in [0.2, 0.25) is 11.9 Å². The standard InChI is InChI=1S/C28H28ClN7O3S.C22H24ClN7O/c29-24-15-31-27(33-20-10-12-28(37,13-11-20)18-35-16-19(30)14-32-35)34-26(24)23-17-36(25-9-5-4-8-22(23)25)40(38,39)21-6-2-1-3-7-21;23-18-11-26-21(29-20(18)17-10-25-19-4-2-1-3-16(17)19)28-15-5-7-22(31,8-6-15)13-30-12-14(24)9-27-30/h1-9,14-17,20,37H,10-13,18,30H2,(H,31,33,34);1-4,9-12,15,25,31H,5-8,13,24H2,(H,26,28,29). The number of H-pyrrole nitrogens is 1. The molecule has 0 spiro atoms. The van der Waals surface area contributed by atoms with Crippen LogP contribution >= 0.6 is 23.2 Å². The number of rotatable bonds is 12. The molecule has 71 heavy (non-hydrogen) atoms. The van der Waals surface area contributed by atoms with Crippen LogP contribution in [0, 0.1) is 0 Å². The highest BCUT2D eigenvalue weighted by atomic mass is 35.5. The van der Waals surface area contributed by atoms with E-state index in [1.54, 1.807) is 89.0 Å². The number of anilines is 4. The quantitative estimate of drug-likeness (QED) is 0.0607. The van der Waals surface area contributed by atoms with Crippen molar-refractivity contribution in [1.82, 2.24) is 48.5 Å². The van der Waals surface area contributed by atoms with E-state index in [1.165, 1.54) is 10.2 Å². The minimum atomic E-state index is -3.85. The van der Waals surface area contributed by atoms with Crippen LogP contribution in [0.2, 0.25) is 10.0 Å². The van der Waals surface area contributed by atoms with Crippen molar-refractivity contribution >= 4 is 78.3 Å². The van der Waals surface area contributed by atoms with Crippen LogP contribution in [0.5, 0.6) is 0 Å². The Bertz CT molecular complexity index is 3430. The number of benzene rings is 3. The molecular weight excluding hydrogens is 964 g/mol. The number of aromatic amines is 1. The van der Waals surface area contributed by atoms with E-state index >= 15 is 0 Å². The minimum absolute atomic E-state index is 0.0526. The Morgan fingerprint density at radius 2 is 1.14 bits per heavy atom. The fraction of sp³-hybridized carbons (Fsp3) is 0.280. The molecule has 9 aromatic rings. The van der Waals surface area contributed by atoms with E-state index < -0.39 is 21.2 Å². The zero-order chi connectivity index (χ0) is 49.3. The molecule has 21 heteroatoms. The third-order valence-electron chi connectivity index (χ3n) is 13.3. The van der Waals surface area contributed by atoms with Gasteiger partial charge in [-0.1, -0.05) is 77.8 Å². The molecule has 0 amide bonds. The van der Waals surface area contributed by atoms with Crippen molar-refractivity contribution < 1.29 is 18.6 Å². The lowest BCUT2D eigenvalue weighted by Gasteiger charge is -2.36. The first-order valence-corrected chi connectivity index (χ1v) is 25.5. The Morgan fingerprint density at radius 1 is 0.648 bits per heavy atom. The third-order valence-corrected chi connectivity index (χ3v) is 15.5. The number of hydrogen-bond donors (Lipinski definition) is 7. The van der Waals surface area contributed by atoms with E-state index in [0.717, 1.165) is 29.3 Å². The molecule has 0 bridgehead atoms. The van der Waals surface area contributed by atoms with E-state index in [4.69, 9.17) is 44.6 Å². The summed E-state index contributed by atoms with van der Waals surface area (Å²) in [5.41, 5.74) is 15.2. The van der Waals surface area contributed by atoms with E-state index in [1.807, 2.05) is 42.6 Å². The Balaban J connectivity index is 0.000000169. The Morgan fingerprint density at radius 3 is 1.68 bits per heavy atom. The molecular formula is C50H52Cl2N14O4S. The molecule has 0 radical (unpaired) electrons. The van der Waals surface area contributed by atoms with Crippen molar-refractivity contribution in [2.75, 3.05) is 22.1 Å². The number of nitrogens with zero attached hydrogens (tertiary/aromatic N) is 9. The summed E-state index contributed by atoms with van der Waals surface area (Å²) in [5, 5.41) is 39.8. The van der Waals surface area contributed by atoms with Crippen LogP contribution in [0.1, 0.15) is 51.4 Å². The molecule has 3 aromatic carbocycles. The number of halogens is 2. The van der Waals surface area contributed by atoms with Gasteiger partial charge in [0.15, 0.2) is 0 Å². The highest BCUT2D eigenvalue weighted by molar-refractivity contribution is 7.90. The molecule has 6 aromatic heterocycles. The van der Waals surface area contributed by atoms with Crippen LogP contribution in [0.3, 0.4) is 0 Å². The Labute approximate surface area is 419 Å². The summed E-state index contributed by atoms with van der Waals surface area (Å²) in [7, 11) is -3.85. The van der Waals surface area contributed by atoms with E-state index in [2.05, 4.69) is 35.8 Å². The maximum atomic E-state index is 13.5. The molecule has 0 aliphatic heterocycles. The summed E-state index contributed by atoms with van der Waals surface area (Å²) < 4.78 is 31.7. The summed E-state index contributed by atoms with van der Waals surface area (Å²) in [6.07, 6.45) is 18.8. The van der Waals surface area contributed by atoms with Crippen molar-refractivity contribution in [3.8, 4) is 22.5 Å². The molecule has 18 nitrogen and oxygen atoms in total. The minimum Gasteiger partial charge on any atom is -0.396 e. The van der Waals surface area contributed by atoms with Crippen LogP contribution in [-0.2, 0) is 23.1 Å². The zero-order valence-electron chi connectivity index (χ0n) is 38.4. The molecule has 6 heterocycles. The van der Waals surface area contributed by atoms with Gasteiger partial charge in [0.05, 0.1) is 92.3 Å². The second-order valence-electron chi connectivity index (χ2n) is 18.4. The maximum Gasteiger partial charge on any atom is 0.268 e. The van der Waals surface area contributed by atoms with Gasteiger partial charge in [-0.25, -0.2) is 32.3 Å². The summed E-state index contributed by atoms with van der Waals surface area (Å²) in [4.78, 5) is 21.6. The van der Waals surface area contributed by atoms with E-state index in [9.17, 15) is 18.6 Å². The number of nitrogens with one attached hydrogen (secondary N) is 3. The number of fused-ring (bicyclic) bond motifs is 2. The average molecular weight is 1020 g/mol. The maximum absolute atomic E-state index is 13.5. The third kappa shape index (κ3) is 10.4. The summed E-state index contributed by atoms with van der Waals surface area (Å²) in [6.45, 7) is 0.827. The van der Waals surface area contributed by atoms with Gasteiger partial charge < -0.3 is 37.3 Å². The first kappa shape index (κ1) is 47.6. The van der Waals surface area contributed by atoms with Gasteiger partial charge in [-0.15, -0.1) is 0 Å². The monoisotopic (exact) mass is 1010 g/mol. The first-order valence-electron chi connectivity index (χ1n) is 23.3. The zero-order valence-corrected chi connectivity index (χ0v) is 40.7. The lowest BCUT2D eigenvalue weighted by molar-refractivity contribution is -0.0170. The summed E-state index contributed by atoms with van der Waals surface area (Å²) >= 11 is 13.0. The van der Waals surface area contributed by atoms with Crippen LogP contribution < -0.4 is 22.1 Å². The topological polar surface area (TPSA) is 259 Å². The lowest BCUT2D eigenvalue weighted by Crippen LogP contribution is -2.41. The number of nitrogen functional groups attached to an aromatic ring is 2. The van der Waals surface area contributed by atoms with Gasteiger partial charge in [-0.2, -0.15) is 10.2 Å². The number of aliphatic hydroxyl groups is 2. The average Bonchev–Trinajstić information content (AvgIpc) is 4.19. The molecule has 9 N–H and O–H groups in total. The Kier molecular flexibility index (Phi) is 13.2. The van der Waals surface area contributed by atoms with Crippen LogP contribution in [-0.4, -0.2) is 90.4 Å². The van der Waals surface area contributed by atoms with Crippen molar-refractivity contribution in [3.05, 3.63) is 138 Å². The molecule has 0 atom stereocenters. The van der Waals surface area contributed by atoms with Crippen LogP contribution in [0.15, 0.2) is 133 Å². The summed E-state index contributed by atoms with van der Waals surface area (Å²) in [6, 6.07) is 23.8. The van der Waals surface area contributed by atoms with Crippen molar-refractivity contribution in [1.29, 1.82) is 0 Å². The summed E-state index contributed by atoms with van der Waals surface area (Å²) in [5.74, 6) is 0.928. The molecule has 2 aliphatic carbocycles. The number of hydrogen-bond acceptors (Lipinski definition) is 14. The molecule has 2 saturated carbocycles. The number of nitrogens with two attached hydrogens (primary N) is 2. The largest absolute Gasteiger partial charge is 0.396 e. The number of aromatic nitrogens is 10. The van der Waals surface area contributed by atoms with Crippen molar-refractivity contribution in [2.24, 2.45) is 0 Å². The Hall–Kier alpha value is -7.03. The van der Waals surface area contributed by atoms with E-state index in [-0.39, 0.29) is 17.0 Å². The van der Waals surface area contributed by atoms with Gasteiger partial charge in [-0.05, 0) is 75.6 Å². The van der Waals surface area contributed by atoms with E-state index in [0.29, 0.717) is 113 Å². The van der Waals surface area contributed by atoms with Gasteiger partial charge in [0.1, 0.15) is 0 Å². The second-order valence-corrected chi connectivity index (χ2v) is 21.1.